The Bertz CT molecular complexity index is 469. The van der Waals surface area contributed by atoms with Crippen LogP contribution in [-0.2, 0) is 0 Å². The van der Waals surface area contributed by atoms with Crippen LogP contribution in [0.15, 0.2) is 0 Å². The maximum atomic E-state index is 12.8. The van der Waals surface area contributed by atoms with Gasteiger partial charge in [-0.05, 0) is 134 Å². The van der Waals surface area contributed by atoms with E-state index in [4.69, 9.17) is 0 Å². The first-order valence-corrected chi connectivity index (χ1v) is 14.1. The predicted molar refractivity (Wildman–Crippen MR) is 151 cm³/mol. The van der Waals surface area contributed by atoms with Crippen LogP contribution in [0.4, 0.5) is 4.39 Å². The molecular weight excluding hydrogens is 423 g/mol. The second kappa shape index (κ2) is 17.3. The summed E-state index contributed by atoms with van der Waals surface area (Å²) in [5.74, 6) is 0. The summed E-state index contributed by atoms with van der Waals surface area (Å²) in [6.07, 6.45) is 8.52. The van der Waals surface area contributed by atoms with Crippen LogP contribution in [0.1, 0.15) is 108 Å². The minimum atomic E-state index is -0.899. The molecule has 0 aromatic heterocycles. The maximum Gasteiger partial charge on any atom is 0.133 e. The zero-order valence-corrected chi connectivity index (χ0v) is 23.9. The zero-order valence-electron chi connectivity index (χ0n) is 23.9. The molecule has 0 amide bonds. The highest BCUT2D eigenvalue weighted by Gasteiger charge is 2.39. The van der Waals surface area contributed by atoms with E-state index in [2.05, 4.69) is 75.0 Å². The molecular formula is C29H63FN4. The minimum absolute atomic E-state index is 0. The van der Waals surface area contributed by atoms with Gasteiger partial charge in [0.05, 0.1) is 0 Å². The third-order valence-electron chi connectivity index (χ3n) is 7.41. The lowest BCUT2D eigenvalue weighted by Crippen LogP contribution is -2.59. The Morgan fingerprint density at radius 2 is 0.735 bits per heavy atom. The Labute approximate surface area is 214 Å². The smallest absolute Gasteiger partial charge is 0.133 e. The molecule has 0 aromatic carbocycles. The quantitative estimate of drug-likeness (QED) is 0.447. The van der Waals surface area contributed by atoms with Gasteiger partial charge in [0.2, 0.25) is 0 Å². The lowest BCUT2D eigenvalue weighted by atomic mass is 9.97. The van der Waals surface area contributed by atoms with E-state index in [1.165, 1.54) is 77.8 Å². The van der Waals surface area contributed by atoms with Gasteiger partial charge in [0, 0.05) is 37.3 Å². The van der Waals surface area contributed by atoms with Crippen molar-refractivity contribution in [3.05, 3.63) is 0 Å². The summed E-state index contributed by atoms with van der Waals surface area (Å²) in [6, 6.07) is 2.84. The Morgan fingerprint density at radius 3 is 0.882 bits per heavy atom. The fourth-order valence-electron chi connectivity index (χ4n) is 4.72. The molecule has 0 atom stereocenters. The number of halogens is 1. The number of hydrogen-bond donors (Lipinski definition) is 0. The van der Waals surface area contributed by atoms with E-state index in [-0.39, 0.29) is 7.43 Å². The van der Waals surface area contributed by atoms with Gasteiger partial charge in [0.15, 0.2) is 0 Å². The van der Waals surface area contributed by atoms with Crippen LogP contribution in [0, 0.1) is 0 Å². The van der Waals surface area contributed by atoms with Crippen LogP contribution < -0.4 is 0 Å². The van der Waals surface area contributed by atoms with Gasteiger partial charge in [0.1, 0.15) is 5.67 Å². The Hall–Kier alpha value is -0.230. The summed E-state index contributed by atoms with van der Waals surface area (Å²) in [5, 5.41) is 0. The first kappa shape index (κ1) is 33.8. The average Bonchev–Trinajstić information content (AvgIpc) is 3.21. The van der Waals surface area contributed by atoms with Crippen LogP contribution >= 0.6 is 0 Å². The topological polar surface area (TPSA) is 13.0 Å². The van der Waals surface area contributed by atoms with Crippen molar-refractivity contribution in [2.24, 2.45) is 0 Å². The van der Waals surface area contributed by atoms with Gasteiger partial charge < -0.3 is 14.7 Å². The predicted octanol–water partition coefficient (Wildman–Crippen LogP) is 6.55. The summed E-state index contributed by atoms with van der Waals surface area (Å²) in [6.45, 7) is 28.7. The van der Waals surface area contributed by atoms with E-state index < -0.39 is 5.67 Å². The van der Waals surface area contributed by atoms with Crippen LogP contribution in [0.3, 0.4) is 0 Å². The van der Waals surface area contributed by atoms with Crippen molar-refractivity contribution in [3.8, 4) is 0 Å². The largest absolute Gasteiger partial charge is 0.301 e. The third kappa shape index (κ3) is 13.8. The fourth-order valence-corrected chi connectivity index (χ4v) is 4.72. The van der Waals surface area contributed by atoms with Crippen LogP contribution in [0.25, 0.3) is 0 Å². The van der Waals surface area contributed by atoms with Crippen molar-refractivity contribution >= 4 is 0 Å². The summed E-state index contributed by atoms with van der Waals surface area (Å²) in [5.41, 5.74) is -0.899. The molecule has 0 bridgehead atoms. The molecule has 5 heteroatoms. The summed E-state index contributed by atoms with van der Waals surface area (Å²) in [4.78, 5) is 9.68. The number of likely N-dealkylation sites (tertiary alicyclic amines) is 4. The van der Waals surface area contributed by atoms with E-state index in [0.717, 1.165) is 18.1 Å². The maximum absolute atomic E-state index is 12.8. The minimum Gasteiger partial charge on any atom is -0.301 e. The van der Waals surface area contributed by atoms with Gasteiger partial charge in [-0.2, -0.15) is 0 Å². The molecule has 0 aromatic rings. The Morgan fingerprint density at radius 1 is 0.471 bits per heavy atom. The van der Waals surface area contributed by atoms with Gasteiger partial charge in [0.25, 0.3) is 0 Å². The van der Waals surface area contributed by atoms with Gasteiger partial charge >= 0.3 is 0 Å². The lowest BCUT2D eigenvalue weighted by Gasteiger charge is -2.44. The van der Waals surface area contributed by atoms with E-state index in [1.807, 2.05) is 0 Å². The third-order valence-corrected chi connectivity index (χ3v) is 7.41. The first-order valence-electron chi connectivity index (χ1n) is 14.1. The van der Waals surface area contributed by atoms with Crippen molar-refractivity contribution < 1.29 is 4.39 Å². The second-order valence-electron chi connectivity index (χ2n) is 11.9. The zero-order chi connectivity index (χ0) is 25.0. The molecule has 0 unspecified atom stereocenters. The molecule has 0 radical (unpaired) electrons. The lowest BCUT2D eigenvalue weighted by molar-refractivity contribution is -0.0359. The molecule has 0 saturated carbocycles. The average molecular weight is 487 g/mol. The van der Waals surface area contributed by atoms with Crippen LogP contribution in [0.5, 0.6) is 0 Å². The Kier molecular flexibility index (Phi) is 17.1. The van der Waals surface area contributed by atoms with Gasteiger partial charge in [-0.15, -0.1) is 0 Å². The second-order valence-corrected chi connectivity index (χ2v) is 11.9. The molecule has 4 aliphatic rings. The van der Waals surface area contributed by atoms with Crippen molar-refractivity contribution in [2.45, 2.75) is 138 Å². The molecule has 0 spiro atoms. The normalized spacial score (nSPS) is 23.1. The van der Waals surface area contributed by atoms with E-state index in [1.54, 1.807) is 6.92 Å². The van der Waals surface area contributed by atoms with Gasteiger partial charge in [-0.3, -0.25) is 4.90 Å². The number of hydrogen-bond acceptors (Lipinski definition) is 4. The molecule has 34 heavy (non-hydrogen) atoms. The SMILES string of the molecule is C.CC(C)N1CC(C)(F)C1.CC(C)N1CCC1.CC(C)N1CCCC1.CC(C)N1CCCCC1. The van der Waals surface area contributed by atoms with E-state index in [9.17, 15) is 4.39 Å². The standard InChI is InChI=1S/C8H17N.C7H14FN.C7H15N.C6H13N.CH4/c1-8(2)9-6-4-3-5-7-9;1-6(2)9-4-7(3,8)5-9;1-7(2)8-5-3-4-6-8;1-6(2)7-4-3-5-7;/h8H,3-7H2,1-2H3;6H,4-5H2,1-3H3;7H,3-6H2,1-2H3;6H,3-5H2,1-2H3;1H4. The van der Waals surface area contributed by atoms with Crippen molar-refractivity contribution in [3.63, 3.8) is 0 Å². The van der Waals surface area contributed by atoms with Gasteiger partial charge in [-0.25, -0.2) is 4.39 Å². The van der Waals surface area contributed by atoms with Crippen molar-refractivity contribution in [2.75, 3.05) is 52.4 Å². The summed E-state index contributed by atoms with van der Waals surface area (Å²) < 4.78 is 12.8. The highest BCUT2D eigenvalue weighted by atomic mass is 19.1. The van der Waals surface area contributed by atoms with E-state index in [0.29, 0.717) is 19.1 Å². The highest BCUT2D eigenvalue weighted by Crippen LogP contribution is 2.25. The molecule has 206 valence electrons. The number of nitrogens with zero attached hydrogens (tertiary/aromatic N) is 4. The fraction of sp³-hybridized carbons (Fsp3) is 1.00. The van der Waals surface area contributed by atoms with Crippen molar-refractivity contribution in [1.29, 1.82) is 0 Å². The highest BCUT2D eigenvalue weighted by molar-refractivity contribution is 4.93. The molecule has 4 rings (SSSR count). The molecule has 4 nitrogen and oxygen atoms in total. The number of rotatable bonds is 4. The summed E-state index contributed by atoms with van der Waals surface area (Å²) >= 11 is 0. The summed E-state index contributed by atoms with van der Waals surface area (Å²) in [7, 11) is 0. The number of alkyl halides is 1. The molecule has 4 fully saturated rings. The molecule has 4 heterocycles. The van der Waals surface area contributed by atoms with E-state index >= 15 is 0 Å². The Balaban J connectivity index is 0.000000425. The molecule has 0 N–H and O–H groups in total. The van der Waals surface area contributed by atoms with Gasteiger partial charge in [-0.1, -0.05) is 13.8 Å². The molecule has 0 aliphatic carbocycles. The monoisotopic (exact) mass is 487 g/mol. The first-order chi connectivity index (χ1) is 15.4. The van der Waals surface area contributed by atoms with Crippen LogP contribution in [-0.4, -0.2) is 102 Å². The van der Waals surface area contributed by atoms with Crippen molar-refractivity contribution in [1.82, 2.24) is 19.6 Å². The molecule has 4 aliphatic heterocycles. The molecule has 4 saturated heterocycles. The van der Waals surface area contributed by atoms with Crippen LogP contribution in [0.2, 0.25) is 0 Å². The number of piperidine rings is 1.